The van der Waals surface area contributed by atoms with Crippen molar-refractivity contribution < 1.29 is 18.0 Å². The molecule has 0 saturated carbocycles. The van der Waals surface area contributed by atoms with E-state index in [1.54, 1.807) is 36.4 Å². The van der Waals surface area contributed by atoms with Crippen LogP contribution >= 0.6 is 15.9 Å². The topological polar surface area (TPSA) is 59.0 Å². The standard InChI is InChI=1S/C22H20BrF3N4O/c1-2-13-3-9-16(10-4-13)27-21(31)18-12-20-28-17(14-5-7-15(23)8-6-14)11-19(22(24,25)26)30(20)29-18/h3-10,12,17,19,28H,2,11H2,1H3,(H,27,31)/t17-,19-/m0/s1. The van der Waals surface area contributed by atoms with Crippen LogP contribution in [0.3, 0.4) is 0 Å². The molecule has 162 valence electrons. The summed E-state index contributed by atoms with van der Waals surface area (Å²) in [5.41, 5.74) is 2.33. The summed E-state index contributed by atoms with van der Waals surface area (Å²) in [6.07, 6.45) is -3.86. The molecule has 2 aromatic carbocycles. The zero-order chi connectivity index (χ0) is 22.2. The summed E-state index contributed by atoms with van der Waals surface area (Å²) < 4.78 is 43.1. The van der Waals surface area contributed by atoms with Crippen LogP contribution in [0.15, 0.2) is 59.1 Å². The van der Waals surface area contributed by atoms with Crippen molar-refractivity contribution in [2.24, 2.45) is 0 Å². The predicted octanol–water partition coefficient (Wildman–Crippen LogP) is 6.12. The number of hydrogen-bond acceptors (Lipinski definition) is 3. The Morgan fingerprint density at radius 1 is 1.19 bits per heavy atom. The lowest BCUT2D eigenvalue weighted by Gasteiger charge is -2.33. The Morgan fingerprint density at radius 2 is 1.87 bits per heavy atom. The molecule has 0 bridgehead atoms. The minimum absolute atomic E-state index is 0.0761. The smallest absolute Gasteiger partial charge is 0.363 e. The van der Waals surface area contributed by atoms with Crippen LogP contribution in [-0.4, -0.2) is 21.9 Å². The van der Waals surface area contributed by atoms with Crippen LogP contribution in [-0.2, 0) is 6.42 Å². The number of fused-ring (bicyclic) bond motifs is 1. The number of aryl methyl sites for hydroxylation is 1. The van der Waals surface area contributed by atoms with Crippen molar-refractivity contribution in [3.05, 3.63) is 75.9 Å². The first kappa shape index (κ1) is 21.4. The monoisotopic (exact) mass is 492 g/mol. The third kappa shape index (κ3) is 4.61. The van der Waals surface area contributed by atoms with Crippen LogP contribution in [0, 0.1) is 0 Å². The van der Waals surface area contributed by atoms with Crippen LogP contribution < -0.4 is 10.6 Å². The van der Waals surface area contributed by atoms with E-state index in [0.29, 0.717) is 5.69 Å². The largest absolute Gasteiger partial charge is 0.410 e. The molecule has 1 aliphatic heterocycles. The Kier molecular flexibility index (Phi) is 5.79. The van der Waals surface area contributed by atoms with Crippen molar-refractivity contribution in [2.75, 3.05) is 10.6 Å². The Balaban J connectivity index is 1.61. The van der Waals surface area contributed by atoms with E-state index in [2.05, 4.69) is 31.7 Å². The van der Waals surface area contributed by atoms with Gasteiger partial charge in [-0.05, 0) is 41.8 Å². The van der Waals surface area contributed by atoms with Gasteiger partial charge >= 0.3 is 6.18 Å². The normalized spacial score (nSPS) is 18.2. The molecule has 2 heterocycles. The van der Waals surface area contributed by atoms with Crippen LogP contribution in [0.1, 0.15) is 47.0 Å². The zero-order valence-electron chi connectivity index (χ0n) is 16.6. The van der Waals surface area contributed by atoms with Crippen molar-refractivity contribution in [1.82, 2.24) is 9.78 Å². The number of amides is 1. The third-order valence-electron chi connectivity index (χ3n) is 5.31. The maximum atomic E-state index is 13.8. The summed E-state index contributed by atoms with van der Waals surface area (Å²) in [5, 5.41) is 9.77. The number of carbonyl (C=O) groups excluding carboxylic acids is 1. The highest BCUT2D eigenvalue weighted by molar-refractivity contribution is 9.10. The molecule has 0 aliphatic carbocycles. The number of hydrogen-bond donors (Lipinski definition) is 2. The van der Waals surface area contributed by atoms with E-state index in [1.807, 2.05) is 19.1 Å². The molecule has 1 amide bonds. The summed E-state index contributed by atoms with van der Waals surface area (Å²) in [7, 11) is 0. The van der Waals surface area contributed by atoms with E-state index in [1.165, 1.54) is 6.07 Å². The van der Waals surface area contributed by atoms with Crippen LogP contribution in [0.4, 0.5) is 24.7 Å². The lowest BCUT2D eigenvalue weighted by atomic mass is 9.97. The minimum atomic E-state index is -4.50. The fourth-order valence-corrected chi connectivity index (χ4v) is 3.88. The fourth-order valence-electron chi connectivity index (χ4n) is 3.62. The minimum Gasteiger partial charge on any atom is -0.363 e. The van der Waals surface area contributed by atoms with Crippen molar-refractivity contribution >= 4 is 33.3 Å². The Morgan fingerprint density at radius 3 is 2.48 bits per heavy atom. The molecule has 31 heavy (non-hydrogen) atoms. The highest BCUT2D eigenvalue weighted by Gasteiger charge is 2.46. The number of nitrogens with zero attached hydrogens (tertiary/aromatic N) is 2. The molecule has 0 fully saturated rings. The summed E-state index contributed by atoms with van der Waals surface area (Å²) in [4.78, 5) is 12.6. The van der Waals surface area contributed by atoms with E-state index >= 15 is 0 Å². The van der Waals surface area contributed by atoms with Gasteiger partial charge in [-0.25, -0.2) is 4.68 Å². The van der Waals surface area contributed by atoms with Crippen LogP contribution in [0.25, 0.3) is 0 Å². The average molecular weight is 493 g/mol. The second kappa shape index (κ2) is 8.37. The van der Waals surface area contributed by atoms with E-state index < -0.39 is 24.2 Å². The van der Waals surface area contributed by atoms with Gasteiger partial charge in [-0.15, -0.1) is 0 Å². The van der Waals surface area contributed by atoms with Gasteiger partial charge in [0.1, 0.15) is 5.82 Å². The molecule has 0 saturated heterocycles. The molecule has 0 spiro atoms. The molecular formula is C22H20BrF3N4O. The van der Waals surface area contributed by atoms with Gasteiger partial charge in [-0.2, -0.15) is 18.3 Å². The van der Waals surface area contributed by atoms with Gasteiger partial charge in [0.2, 0.25) is 0 Å². The molecule has 9 heteroatoms. The Labute approximate surface area is 185 Å². The van der Waals surface area contributed by atoms with Gasteiger partial charge in [0.15, 0.2) is 11.7 Å². The SMILES string of the molecule is CCc1ccc(NC(=O)c2cc3n(n2)[C@H](C(F)(F)F)C[C@@H](c2ccc(Br)cc2)N3)cc1. The number of carbonyl (C=O) groups is 1. The third-order valence-corrected chi connectivity index (χ3v) is 5.84. The number of aromatic nitrogens is 2. The maximum absolute atomic E-state index is 13.8. The molecule has 2 N–H and O–H groups in total. The van der Waals surface area contributed by atoms with Gasteiger partial charge in [0.25, 0.3) is 5.91 Å². The molecule has 1 aromatic heterocycles. The number of benzene rings is 2. The molecule has 3 aromatic rings. The van der Waals surface area contributed by atoms with Gasteiger partial charge in [-0.1, -0.05) is 47.1 Å². The lowest BCUT2D eigenvalue weighted by Crippen LogP contribution is -2.35. The first-order valence-electron chi connectivity index (χ1n) is 9.83. The van der Waals surface area contributed by atoms with Crippen molar-refractivity contribution in [3.8, 4) is 0 Å². The number of anilines is 2. The Bertz CT molecular complexity index is 1080. The summed E-state index contributed by atoms with van der Waals surface area (Å²) in [5.74, 6) is -0.401. The number of nitrogens with one attached hydrogen (secondary N) is 2. The number of halogens is 4. The molecule has 0 unspecified atom stereocenters. The predicted molar refractivity (Wildman–Crippen MR) is 116 cm³/mol. The highest BCUT2D eigenvalue weighted by atomic mass is 79.9. The molecule has 1 aliphatic rings. The summed E-state index contributed by atoms with van der Waals surface area (Å²) >= 11 is 3.33. The summed E-state index contributed by atoms with van der Waals surface area (Å²) in [6.45, 7) is 2.02. The summed E-state index contributed by atoms with van der Waals surface area (Å²) in [6, 6.07) is 13.4. The van der Waals surface area contributed by atoms with Crippen molar-refractivity contribution in [1.29, 1.82) is 0 Å². The van der Waals surface area contributed by atoms with Crippen LogP contribution in [0.5, 0.6) is 0 Å². The van der Waals surface area contributed by atoms with Gasteiger partial charge < -0.3 is 10.6 Å². The van der Waals surface area contributed by atoms with E-state index in [9.17, 15) is 18.0 Å². The van der Waals surface area contributed by atoms with Gasteiger partial charge in [0, 0.05) is 22.6 Å². The van der Waals surface area contributed by atoms with Crippen LogP contribution in [0.2, 0.25) is 0 Å². The molecule has 5 nitrogen and oxygen atoms in total. The highest BCUT2D eigenvalue weighted by Crippen LogP contribution is 2.43. The first-order chi connectivity index (χ1) is 14.7. The fraction of sp³-hybridized carbons (Fsp3) is 0.273. The van der Waals surface area contributed by atoms with E-state index in [-0.39, 0.29) is 17.9 Å². The number of rotatable bonds is 4. The average Bonchev–Trinajstić information content (AvgIpc) is 3.17. The van der Waals surface area contributed by atoms with Gasteiger partial charge in [-0.3, -0.25) is 4.79 Å². The second-order valence-corrected chi connectivity index (χ2v) is 8.32. The van der Waals surface area contributed by atoms with E-state index in [0.717, 1.165) is 26.7 Å². The first-order valence-corrected chi connectivity index (χ1v) is 10.6. The number of alkyl halides is 3. The molecular weight excluding hydrogens is 473 g/mol. The molecule has 2 atom stereocenters. The quantitative estimate of drug-likeness (QED) is 0.461. The molecule has 4 rings (SSSR count). The van der Waals surface area contributed by atoms with E-state index in [4.69, 9.17) is 0 Å². The molecule has 0 radical (unpaired) electrons. The second-order valence-electron chi connectivity index (χ2n) is 7.41. The van der Waals surface area contributed by atoms with Crippen molar-refractivity contribution in [2.45, 2.75) is 38.0 Å². The Hall–Kier alpha value is -2.81. The van der Waals surface area contributed by atoms with Crippen molar-refractivity contribution in [3.63, 3.8) is 0 Å². The van der Waals surface area contributed by atoms with Gasteiger partial charge in [0.05, 0.1) is 6.04 Å². The lowest BCUT2D eigenvalue weighted by molar-refractivity contribution is -0.173. The maximum Gasteiger partial charge on any atom is 0.410 e. The zero-order valence-corrected chi connectivity index (χ0v) is 18.2.